The summed E-state index contributed by atoms with van der Waals surface area (Å²) in [6.07, 6.45) is 3.23. The number of carbonyl (C=O) groups excluding carboxylic acids is 1. The number of fused-ring (bicyclic) bond motifs is 2. The average molecular weight is 563 g/mol. The number of aromatic amines is 1. The number of urea groups is 1. The second-order valence-corrected chi connectivity index (χ2v) is 11.1. The molecule has 42 heavy (non-hydrogen) atoms. The number of pyridine rings is 2. The van der Waals surface area contributed by atoms with Crippen LogP contribution in [0, 0.1) is 6.92 Å². The molecule has 0 atom stereocenters. The number of H-pyrrole nitrogens is 1. The molecule has 2 aromatic carbocycles. The first kappa shape index (κ1) is 26.8. The van der Waals surface area contributed by atoms with Gasteiger partial charge in [-0.05, 0) is 43.3 Å². The molecule has 3 N–H and O–H groups in total. The van der Waals surface area contributed by atoms with Crippen LogP contribution in [0.15, 0.2) is 77.9 Å². The van der Waals surface area contributed by atoms with Crippen molar-refractivity contribution in [2.24, 2.45) is 7.05 Å². The number of ether oxygens (including phenoxy) is 1. The Morgan fingerprint density at radius 2 is 1.74 bits per heavy atom. The van der Waals surface area contributed by atoms with Gasteiger partial charge in [-0.3, -0.25) is 14.9 Å². The fraction of sp³-hybridized carbons (Fsp3) is 0.194. The molecule has 4 aromatic heterocycles. The van der Waals surface area contributed by atoms with Crippen LogP contribution in [0.5, 0.6) is 11.5 Å². The summed E-state index contributed by atoms with van der Waals surface area (Å²) < 4.78 is 9.38. The SMILES string of the molecule is Cc1ccc(-n2nc(C(C)(C)C)cc2NC(=O)Nc2ccc(Oc3ccnc4c3[nH]c(=O)n4C)c3cccnc23)cc1. The van der Waals surface area contributed by atoms with Crippen LogP contribution >= 0.6 is 0 Å². The normalized spacial score (nSPS) is 11.6. The second kappa shape index (κ2) is 10.2. The molecule has 0 fully saturated rings. The molecule has 4 heterocycles. The maximum absolute atomic E-state index is 13.3. The van der Waals surface area contributed by atoms with E-state index in [0.29, 0.717) is 45.1 Å². The number of nitrogens with one attached hydrogen (secondary N) is 3. The number of hydrogen-bond acceptors (Lipinski definition) is 6. The molecule has 212 valence electrons. The molecular weight excluding hydrogens is 532 g/mol. The minimum atomic E-state index is -0.443. The first-order chi connectivity index (χ1) is 20.1. The molecule has 0 radical (unpaired) electrons. The molecule has 0 saturated carbocycles. The van der Waals surface area contributed by atoms with Crippen molar-refractivity contribution in [1.82, 2.24) is 29.3 Å². The van der Waals surface area contributed by atoms with Gasteiger partial charge in [-0.15, -0.1) is 0 Å². The molecule has 0 unspecified atom stereocenters. The van der Waals surface area contributed by atoms with Crippen LogP contribution in [-0.4, -0.2) is 35.3 Å². The summed E-state index contributed by atoms with van der Waals surface area (Å²) in [6.45, 7) is 8.25. The standard InChI is InChI=1S/C31H30N8O3/c1-18-8-10-19(11-9-18)39-25(17-24(37-39)31(2,3)4)35-29(40)34-21-12-13-22(20-7-6-15-32-26(20)21)42-23-14-16-33-28-27(23)36-30(41)38(28)5/h6-17H,1-5H3,(H,36,41)(H2,34,35,40). The first-order valence-electron chi connectivity index (χ1n) is 13.4. The molecule has 0 aliphatic rings. The Bertz CT molecular complexity index is 2010. The molecule has 11 heteroatoms. The monoisotopic (exact) mass is 562 g/mol. The highest BCUT2D eigenvalue weighted by Crippen LogP contribution is 2.35. The van der Waals surface area contributed by atoms with E-state index in [1.807, 2.05) is 43.3 Å². The van der Waals surface area contributed by atoms with Crippen LogP contribution in [-0.2, 0) is 12.5 Å². The van der Waals surface area contributed by atoms with E-state index in [1.165, 1.54) is 4.57 Å². The minimum Gasteiger partial charge on any atom is -0.454 e. The van der Waals surface area contributed by atoms with Crippen molar-refractivity contribution >= 4 is 39.6 Å². The molecule has 2 amide bonds. The highest BCUT2D eigenvalue weighted by atomic mass is 16.5. The van der Waals surface area contributed by atoms with E-state index in [4.69, 9.17) is 9.84 Å². The van der Waals surface area contributed by atoms with Crippen LogP contribution in [0.1, 0.15) is 32.0 Å². The van der Waals surface area contributed by atoms with E-state index in [9.17, 15) is 9.59 Å². The van der Waals surface area contributed by atoms with E-state index in [2.05, 4.69) is 46.4 Å². The lowest BCUT2D eigenvalue weighted by molar-refractivity contribution is 0.262. The number of imidazole rings is 1. The largest absolute Gasteiger partial charge is 0.454 e. The Balaban J connectivity index is 1.30. The number of hydrogen-bond donors (Lipinski definition) is 3. The van der Waals surface area contributed by atoms with Gasteiger partial charge in [0.05, 0.1) is 22.6 Å². The van der Waals surface area contributed by atoms with Gasteiger partial charge < -0.3 is 15.0 Å². The number of aromatic nitrogens is 6. The summed E-state index contributed by atoms with van der Waals surface area (Å²) in [4.78, 5) is 37.0. The number of anilines is 2. The third-order valence-electron chi connectivity index (χ3n) is 6.94. The van der Waals surface area contributed by atoms with Crippen molar-refractivity contribution in [2.75, 3.05) is 10.6 Å². The van der Waals surface area contributed by atoms with Crippen molar-refractivity contribution in [2.45, 2.75) is 33.1 Å². The Hall–Kier alpha value is -5.45. The fourth-order valence-electron chi connectivity index (χ4n) is 4.62. The average Bonchev–Trinajstić information content (AvgIpc) is 3.51. The number of carbonyl (C=O) groups is 1. The van der Waals surface area contributed by atoms with E-state index in [1.54, 1.807) is 48.4 Å². The van der Waals surface area contributed by atoms with Gasteiger partial charge in [-0.2, -0.15) is 5.10 Å². The maximum atomic E-state index is 13.3. The van der Waals surface area contributed by atoms with Gasteiger partial charge in [0, 0.05) is 42.4 Å². The number of rotatable bonds is 5. The van der Waals surface area contributed by atoms with Crippen molar-refractivity contribution in [3.8, 4) is 17.2 Å². The van der Waals surface area contributed by atoms with Crippen LogP contribution < -0.4 is 21.1 Å². The molecule has 6 rings (SSSR count). The van der Waals surface area contributed by atoms with Gasteiger partial charge in [0.25, 0.3) is 0 Å². The van der Waals surface area contributed by atoms with Gasteiger partial charge in [0.2, 0.25) is 0 Å². The lowest BCUT2D eigenvalue weighted by Crippen LogP contribution is -2.21. The van der Waals surface area contributed by atoms with E-state index in [0.717, 1.165) is 16.9 Å². The van der Waals surface area contributed by atoms with Gasteiger partial charge in [0.15, 0.2) is 11.4 Å². The highest BCUT2D eigenvalue weighted by molar-refractivity contribution is 6.06. The van der Waals surface area contributed by atoms with Crippen LogP contribution in [0.25, 0.3) is 27.8 Å². The third-order valence-corrected chi connectivity index (χ3v) is 6.94. The molecule has 0 aliphatic heterocycles. The van der Waals surface area contributed by atoms with Gasteiger partial charge in [-0.1, -0.05) is 38.5 Å². The summed E-state index contributed by atoms with van der Waals surface area (Å²) in [5.74, 6) is 1.49. The van der Waals surface area contributed by atoms with Crippen LogP contribution in [0.3, 0.4) is 0 Å². The second-order valence-electron chi connectivity index (χ2n) is 11.1. The van der Waals surface area contributed by atoms with E-state index >= 15 is 0 Å². The topological polar surface area (TPSA) is 132 Å². The van der Waals surface area contributed by atoms with Gasteiger partial charge in [0.1, 0.15) is 17.1 Å². The van der Waals surface area contributed by atoms with Crippen molar-refractivity contribution in [1.29, 1.82) is 0 Å². The summed E-state index contributed by atoms with van der Waals surface area (Å²) in [5.41, 5.74) is 4.32. The molecule has 0 bridgehead atoms. The Morgan fingerprint density at radius 3 is 2.50 bits per heavy atom. The predicted molar refractivity (Wildman–Crippen MR) is 163 cm³/mol. The highest BCUT2D eigenvalue weighted by Gasteiger charge is 2.22. The molecule has 0 spiro atoms. The van der Waals surface area contributed by atoms with E-state index < -0.39 is 6.03 Å². The Kier molecular flexibility index (Phi) is 6.49. The molecular formula is C31H30N8O3. The molecule has 6 aromatic rings. The predicted octanol–water partition coefficient (Wildman–Crippen LogP) is 6.04. The Morgan fingerprint density at radius 1 is 0.952 bits per heavy atom. The van der Waals surface area contributed by atoms with Crippen LogP contribution in [0.4, 0.5) is 16.3 Å². The summed E-state index contributed by atoms with van der Waals surface area (Å²) in [7, 11) is 1.64. The first-order valence-corrected chi connectivity index (χ1v) is 13.4. The quantitative estimate of drug-likeness (QED) is 0.235. The number of amides is 2. The van der Waals surface area contributed by atoms with Crippen molar-refractivity contribution in [3.63, 3.8) is 0 Å². The number of nitrogens with zero attached hydrogens (tertiary/aromatic N) is 5. The minimum absolute atomic E-state index is 0.216. The van der Waals surface area contributed by atoms with Crippen molar-refractivity contribution in [3.05, 3.63) is 94.8 Å². The lowest BCUT2D eigenvalue weighted by Gasteiger charge is -2.14. The van der Waals surface area contributed by atoms with E-state index in [-0.39, 0.29) is 11.1 Å². The lowest BCUT2D eigenvalue weighted by atomic mass is 9.92. The summed E-state index contributed by atoms with van der Waals surface area (Å²) in [6, 6.07) is 18.2. The summed E-state index contributed by atoms with van der Waals surface area (Å²) >= 11 is 0. The number of aryl methyl sites for hydroxylation is 2. The molecule has 0 saturated heterocycles. The molecule has 11 nitrogen and oxygen atoms in total. The fourth-order valence-corrected chi connectivity index (χ4v) is 4.62. The number of benzene rings is 2. The van der Waals surface area contributed by atoms with Gasteiger partial charge >= 0.3 is 11.7 Å². The zero-order valence-corrected chi connectivity index (χ0v) is 23.9. The van der Waals surface area contributed by atoms with Crippen molar-refractivity contribution < 1.29 is 9.53 Å². The smallest absolute Gasteiger partial charge is 0.327 e. The van der Waals surface area contributed by atoms with Gasteiger partial charge in [-0.25, -0.2) is 19.3 Å². The summed E-state index contributed by atoms with van der Waals surface area (Å²) in [5, 5.41) is 11.4. The third kappa shape index (κ3) is 4.96. The Labute approximate surface area is 241 Å². The zero-order chi connectivity index (χ0) is 29.6. The molecule has 0 aliphatic carbocycles. The maximum Gasteiger partial charge on any atom is 0.327 e. The van der Waals surface area contributed by atoms with Crippen LogP contribution in [0.2, 0.25) is 0 Å². The zero-order valence-electron chi connectivity index (χ0n) is 23.9.